The molecule has 0 saturated heterocycles. The van der Waals surface area contributed by atoms with Crippen molar-refractivity contribution < 1.29 is 19.5 Å². The molecule has 37 heavy (non-hydrogen) atoms. The summed E-state index contributed by atoms with van der Waals surface area (Å²) in [5.41, 5.74) is 6.93. The molecular weight excluding hydrogens is 532 g/mol. The summed E-state index contributed by atoms with van der Waals surface area (Å²) in [6.45, 7) is 9.09. The summed E-state index contributed by atoms with van der Waals surface area (Å²) in [5.74, 6) is 0.912. The van der Waals surface area contributed by atoms with Crippen LogP contribution in [0.15, 0.2) is 82.2 Å². The van der Waals surface area contributed by atoms with Crippen molar-refractivity contribution in [2.75, 3.05) is 18.9 Å². The topological polar surface area (TPSA) is 119 Å². The second-order valence-corrected chi connectivity index (χ2v) is 10.8. The van der Waals surface area contributed by atoms with Crippen molar-refractivity contribution in [2.45, 2.75) is 20.5 Å². The summed E-state index contributed by atoms with van der Waals surface area (Å²) in [6.07, 6.45) is 2.89. The number of oxime groups is 1. The minimum absolute atomic E-state index is 0.0481. The summed E-state index contributed by atoms with van der Waals surface area (Å²) < 4.78 is 5.54. The molecule has 0 fully saturated rings. The van der Waals surface area contributed by atoms with Gasteiger partial charge in [-0.3, -0.25) is 4.79 Å². The summed E-state index contributed by atoms with van der Waals surface area (Å²) in [5, 5.41) is 17.3. The predicted molar refractivity (Wildman–Crippen MR) is 155 cm³/mol. The molecule has 2 aromatic rings. The van der Waals surface area contributed by atoms with Gasteiger partial charge in [0.05, 0.1) is 22.9 Å². The second-order valence-electron chi connectivity index (χ2n) is 7.95. The first-order chi connectivity index (χ1) is 17.8. The lowest BCUT2D eigenvalue weighted by Gasteiger charge is -2.10. The van der Waals surface area contributed by atoms with Crippen LogP contribution in [0.5, 0.6) is 5.75 Å². The number of benzene rings is 2. The summed E-state index contributed by atoms with van der Waals surface area (Å²) in [6, 6.07) is 13.9. The van der Waals surface area contributed by atoms with E-state index < -0.39 is 5.91 Å². The van der Waals surface area contributed by atoms with Crippen LogP contribution in [0, 0.1) is 5.92 Å². The van der Waals surface area contributed by atoms with Crippen LogP contribution in [0.2, 0.25) is 5.02 Å². The smallest absolute Gasteiger partial charge is 0.273 e. The van der Waals surface area contributed by atoms with Crippen molar-refractivity contribution in [2.24, 2.45) is 21.8 Å². The van der Waals surface area contributed by atoms with Crippen molar-refractivity contribution >= 4 is 51.0 Å². The maximum absolute atomic E-state index is 12.9. The van der Waals surface area contributed by atoms with E-state index in [0.29, 0.717) is 41.2 Å². The Kier molecular flexibility index (Phi) is 13.5. The van der Waals surface area contributed by atoms with Gasteiger partial charge in [-0.2, -0.15) is 0 Å². The van der Waals surface area contributed by atoms with E-state index >= 15 is 0 Å². The van der Waals surface area contributed by atoms with E-state index in [-0.39, 0.29) is 23.1 Å². The highest BCUT2D eigenvalue weighted by molar-refractivity contribution is 8.78. The first-order valence-electron chi connectivity index (χ1n) is 11.4. The summed E-state index contributed by atoms with van der Waals surface area (Å²) in [4.78, 5) is 22.6. The lowest BCUT2D eigenvalue weighted by Crippen LogP contribution is -2.33. The normalized spacial score (nSPS) is 12.1. The van der Waals surface area contributed by atoms with E-state index in [0.717, 1.165) is 5.56 Å². The summed E-state index contributed by atoms with van der Waals surface area (Å²) >= 11 is 6.03. The number of amides is 1. The first kappa shape index (κ1) is 30.1. The third-order valence-electron chi connectivity index (χ3n) is 4.38. The molecule has 0 unspecified atom stereocenters. The molecule has 0 aliphatic rings. The molecule has 0 spiro atoms. The molecule has 0 aliphatic heterocycles. The lowest BCUT2D eigenvalue weighted by molar-refractivity contribution is -0.114. The largest absolute Gasteiger partial charge is 0.506 e. The van der Waals surface area contributed by atoms with Crippen LogP contribution in [0.25, 0.3) is 0 Å². The number of phenolic OH excluding ortho intramolecular Hbond substituents is 1. The van der Waals surface area contributed by atoms with E-state index in [1.165, 1.54) is 46.1 Å². The number of carbonyl (C=O) groups excluding carboxylic acids is 1. The average molecular weight is 563 g/mol. The van der Waals surface area contributed by atoms with Crippen LogP contribution in [0.3, 0.4) is 0 Å². The molecule has 198 valence electrons. The van der Waals surface area contributed by atoms with Gasteiger partial charge in [0.25, 0.3) is 5.91 Å². The average Bonchev–Trinajstić information content (AvgIpc) is 2.88. The van der Waals surface area contributed by atoms with E-state index in [1.54, 1.807) is 6.07 Å². The number of hydrogen-bond donors (Lipinski definition) is 3. The van der Waals surface area contributed by atoms with Crippen LogP contribution in [-0.4, -0.2) is 41.8 Å². The van der Waals surface area contributed by atoms with Crippen molar-refractivity contribution in [1.29, 1.82) is 0 Å². The number of rotatable bonds is 15. The Morgan fingerprint density at radius 1 is 1.27 bits per heavy atom. The molecule has 0 aliphatic carbocycles. The van der Waals surface area contributed by atoms with Crippen molar-refractivity contribution in [3.8, 4) is 5.75 Å². The molecule has 8 nitrogen and oxygen atoms in total. The highest BCUT2D eigenvalue weighted by Crippen LogP contribution is 2.29. The van der Waals surface area contributed by atoms with Gasteiger partial charge in [0.1, 0.15) is 12.4 Å². The van der Waals surface area contributed by atoms with Gasteiger partial charge in [0.2, 0.25) is 0 Å². The van der Waals surface area contributed by atoms with Gasteiger partial charge in [0.15, 0.2) is 11.5 Å². The molecule has 0 atom stereocenters. The summed E-state index contributed by atoms with van der Waals surface area (Å²) in [7, 11) is 2.85. The van der Waals surface area contributed by atoms with Crippen LogP contribution in [0.4, 0.5) is 0 Å². The minimum atomic E-state index is -0.433. The number of carbonyl (C=O) groups is 1. The van der Waals surface area contributed by atoms with Crippen LogP contribution >= 0.6 is 33.2 Å². The van der Waals surface area contributed by atoms with Gasteiger partial charge in [-0.1, -0.05) is 78.3 Å². The van der Waals surface area contributed by atoms with E-state index in [9.17, 15) is 9.90 Å². The Balaban J connectivity index is 1.87. The third kappa shape index (κ3) is 11.7. The lowest BCUT2D eigenvalue weighted by atomic mass is 10.1. The number of aromatic hydroxyl groups is 1. The van der Waals surface area contributed by atoms with E-state index in [4.69, 9.17) is 26.9 Å². The van der Waals surface area contributed by atoms with Gasteiger partial charge in [-0.15, -0.1) is 0 Å². The van der Waals surface area contributed by atoms with Crippen LogP contribution in [-0.2, 0) is 21.0 Å². The maximum Gasteiger partial charge on any atom is 0.273 e. The zero-order chi connectivity index (χ0) is 27.0. The highest BCUT2D eigenvalue weighted by Gasteiger charge is 2.16. The molecule has 0 heterocycles. The fraction of sp³-hybridized carbons (Fsp3) is 0.269. The van der Waals surface area contributed by atoms with Gasteiger partial charge in [-0.25, -0.2) is 4.99 Å². The number of hydrogen-bond acceptors (Lipinski definition) is 9. The van der Waals surface area contributed by atoms with Gasteiger partial charge >= 0.3 is 0 Å². The second kappa shape index (κ2) is 16.6. The molecule has 0 radical (unpaired) electrons. The van der Waals surface area contributed by atoms with E-state index in [1.807, 2.05) is 44.2 Å². The molecule has 0 saturated carbocycles. The maximum atomic E-state index is 12.9. The molecule has 0 aromatic heterocycles. The molecule has 4 N–H and O–H groups in total. The first-order valence-corrected chi connectivity index (χ1v) is 14.1. The molecule has 0 bridgehead atoms. The quantitative estimate of drug-likeness (QED) is 0.0864. The van der Waals surface area contributed by atoms with Gasteiger partial charge < -0.3 is 25.7 Å². The molecule has 2 aromatic carbocycles. The number of nitrogens with one attached hydrogen (secondary N) is 1. The molecule has 2 rings (SSSR count). The third-order valence-corrected chi connectivity index (χ3v) is 6.90. The number of phenols is 1. The zero-order valence-electron chi connectivity index (χ0n) is 20.7. The Labute approximate surface area is 230 Å². The number of nitrogens with two attached hydrogens (primary N) is 1. The Bertz CT molecular complexity index is 1120. The van der Waals surface area contributed by atoms with Gasteiger partial charge in [0, 0.05) is 24.1 Å². The van der Waals surface area contributed by atoms with Crippen LogP contribution in [0.1, 0.15) is 25.0 Å². The Hall–Kier alpha value is -3.08. The standard InChI is InChI=1S/C26H31ClN4O4S2/c1-18(2)16-34-22(14-28)15-30-19(3)37-36-12-11-29-26(33)25(21-9-10-24(32)23(27)13-21)31-35-17-20-7-5-4-6-8-20/h4-10,13-15,18,32H,3,11-12,16-17,28H2,1-2H3,(H,29,33)/b22-14+,30-15?,31-25-. The van der Waals surface area contributed by atoms with Crippen LogP contribution < -0.4 is 11.1 Å². The molecular formula is C26H31ClN4O4S2. The van der Waals surface area contributed by atoms with Crippen molar-refractivity contribution in [3.63, 3.8) is 0 Å². The van der Waals surface area contributed by atoms with Crippen molar-refractivity contribution in [1.82, 2.24) is 5.32 Å². The minimum Gasteiger partial charge on any atom is -0.506 e. The van der Waals surface area contributed by atoms with E-state index in [2.05, 4.69) is 22.0 Å². The van der Waals surface area contributed by atoms with Gasteiger partial charge in [-0.05, 0) is 40.5 Å². The fourth-order valence-electron chi connectivity index (χ4n) is 2.57. The number of halogens is 1. The Morgan fingerprint density at radius 3 is 2.70 bits per heavy atom. The van der Waals surface area contributed by atoms with Crippen molar-refractivity contribution in [3.05, 3.63) is 88.2 Å². The molecule has 11 heteroatoms. The number of allylic oxidation sites excluding steroid dienone is 1. The molecule has 1 amide bonds. The Morgan fingerprint density at radius 2 is 2.03 bits per heavy atom. The SMILES string of the molecule is C=C(N=C/C(=C\N)OCC(C)C)SSCCNC(=O)/C(=N\OCc1ccccc1)c1ccc(O)c(Cl)c1. The number of ether oxygens (including phenoxy) is 1. The predicted octanol–water partition coefficient (Wildman–Crippen LogP) is 5.48. The zero-order valence-corrected chi connectivity index (χ0v) is 23.1. The monoisotopic (exact) mass is 562 g/mol. The fourth-order valence-corrected chi connectivity index (χ4v) is 4.29. The highest BCUT2D eigenvalue weighted by atomic mass is 35.5. The number of aliphatic imine (C=N–C) groups is 1. The number of nitrogens with zero attached hydrogens (tertiary/aromatic N) is 2.